The van der Waals surface area contributed by atoms with Crippen molar-refractivity contribution in [3.05, 3.63) is 35.4 Å². The molecule has 0 fully saturated rings. The van der Waals surface area contributed by atoms with Crippen molar-refractivity contribution in [3.63, 3.8) is 0 Å². The van der Waals surface area contributed by atoms with Crippen LogP contribution in [0.15, 0.2) is 24.3 Å². The van der Waals surface area contributed by atoms with E-state index in [2.05, 4.69) is 43.4 Å². The van der Waals surface area contributed by atoms with Crippen LogP contribution in [-0.4, -0.2) is 26.3 Å². The topological polar surface area (TPSA) is 21.3 Å². The predicted octanol–water partition coefficient (Wildman–Crippen LogP) is 2.55. The molecular formula is C14H23NO. The Balaban J connectivity index is 2.29. The lowest BCUT2D eigenvalue weighted by molar-refractivity contribution is 0.165. The van der Waals surface area contributed by atoms with E-state index in [0.717, 1.165) is 26.0 Å². The third kappa shape index (κ3) is 4.77. The minimum atomic E-state index is 0.481. The maximum absolute atomic E-state index is 5.15. The highest BCUT2D eigenvalue weighted by Crippen LogP contribution is 2.04. The van der Waals surface area contributed by atoms with Crippen LogP contribution >= 0.6 is 0 Å². The highest BCUT2D eigenvalue weighted by Gasteiger charge is 2.03. The Morgan fingerprint density at radius 1 is 1.38 bits per heavy atom. The summed E-state index contributed by atoms with van der Waals surface area (Å²) in [5, 5.41) is 3.51. The summed E-state index contributed by atoms with van der Waals surface area (Å²) in [6.45, 7) is 6.13. The summed E-state index contributed by atoms with van der Waals surface area (Å²) in [5.41, 5.74) is 2.74. The van der Waals surface area contributed by atoms with Gasteiger partial charge >= 0.3 is 0 Å². The molecule has 2 nitrogen and oxygen atoms in total. The molecule has 0 radical (unpaired) electrons. The fourth-order valence-electron chi connectivity index (χ4n) is 1.81. The van der Waals surface area contributed by atoms with Crippen LogP contribution in [0.3, 0.4) is 0 Å². The van der Waals surface area contributed by atoms with E-state index in [1.807, 2.05) is 0 Å². The molecule has 0 aliphatic heterocycles. The zero-order valence-electron chi connectivity index (χ0n) is 10.6. The van der Waals surface area contributed by atoms with Gasteiger partial charge in [0, 0.05) is 13.2 Å². The lowest BCUT2D eigenvalue weighted by Gasteiger charge is -2.15. The molecule has 0 bridgehead atoms. The summed E-state index contributed by atoms with van der Waals surface area (Å²) in [6.07, 6.45) is 2.20. The van der Waals surface area contributed by atoms with Crippen LogP contribution in [0.4, 0.5) is 0 Å². The number of ether oxygens (including phenoxy) is 1. The molecule has 1 atom stereocenters. The third-order valence-electron chi connectivity index (χ3n) is 2.79. The lowest BCUT2D eigenvalue weighted by atomic mass is 10.1. The number of nitrogens with one attached hydrogen (secondary N) is 1. The summed E-state index contributed by atoms with van der Waals surface area (Å²) in [4.78, 5) is 0. The average molecular weight is 221 g/mol. The second-order valence-corrected chi connectivity index (χ2v) is 4.25. The molecule has 0 amide bonds. The smallest absolute Gasteiger partial charge is 0.0615 e. The van der Waals surface area contributed by atoms with Crippen molar-refractivity contribution in [2.45, 2.75) is 32.7 Å². The van der Waals surface area contributed by atoms with E-state index in [1.165, 1.54) is 11.1 Å². The molecule has 16 heavy (non-hydrogen) atoms. The van der Waals surface area contributed by atoms with Gasteiger partial charge < -0.3 is 10.1 Å². The van der Waals surface area contributed by atoms with Gasteiger partial charge in [-0.15, -0.1) is 0 Å². The normalized spacial score (nSPS) is 12.7. The van der Waals surface area contributed by atoms with Gasteiger partial charge in [0.1, 0.15) is 0 Å². The van der Waals surface area contributed by atoms with E-state index in [4.69, 9.17) is 4.74 Å². The van der Waals surface area contributed by atoms with Crippen LogP contribution < -0.4 is 5.32 Å². The summed E-state index contributed by atoms with van der Waals surface area (Å²) in [7, 11) is 1.75. The number of hydrogen-bond donors (Lipinski definition) is 1. The Bertz CT molecular complexity index is 299. The summed E-state index contributed by atoms with van der Waals surface area (Å²) >= 11 is 0. The maximum atomic E-state index is 5.15. The van der Waals surface area contributed by atoms with Crippen LogP contribution in [0.25, 0.3) is 0 Å². The highest BCUT2D eigenvalue weighted by molar-refractivity contribution is 5.22. The van der Waals surface area contributed by atoms with Gasteiger partial charge in [-0.3, -0.25) is 0 Å². The second-order valence-electron chi connectivity index (χ2n) is 4.25. The zero-order chi connectivity index (χ0) is 11.8. The molecule has 1 aromatic rings. The van der Waals surface area contributed by atoms with E-state index >= 15 is 0 Å². The number of hydrogen-bond acceptors (Lipinski definition) is 2. The van der Waals surface area contributed by atoms with Crippen LogP contribution in [0.5, 0.6) is 0 Å². The quantitative estimate of drug-likeness (QED) is 0.764. The minimum absolute atomic E-state index is 0.481. The zero-order valence-corrected chi connectivity index (χ0v) is 10.6. The van der Waals surface area contributed by atoms with Crippen molar-refractivity contribution in [2.24, 2.45) is 0 Å². The molecule has 0 saturated carbocycles. The fourth-order valence-corrected chi connectivity index (χ4v) is 1.81. The minimum Gasteiger partial charge on any atom is -0.383 e. The molecule has 0 aliphatic carbocycles. The average Bonchev–Trinajstić information content (AvgIpc) is 2.28. The van der Waals surface area contributed by atoms with Gasteiger partial charge in [0.15, 0.2) is 0 Å². The third-order valence-corrected chi connectivity index (χ3v) is 2.79. The standard InChI is InChI=1S/C14H23NO/c1-4-14(11-16-3)15-9-8-13-7-5-6-12(2)10-13/h5-7,10,14-15H,4,8-9,11H2,1-3H3. The molecule has 0 aromatic heterocycles. The molecule has 0 spiro atoms. The molecule has 1 rings (SSSR count). The van der Waals surface area contributed by atoms with Crippen LogP contribution in [0.2, 0.25) is 0 Å². The van der Waals surface area contributed by atoms with Gasteiger partial charge in [-0.05, 0) is 31.9 Å². The molecule has 90 valence electrons. The number of benzene rings is 1. The van der Waals surface area contributed by atoms with Crippen molar-refractivity contribution in [1.29, 1.82) is 0 Å². The predicted molar refractivity (Wildman–Crippen MR) is 68.8 cm³/mol. The van der Waals surface area contributed by atoms with Gasteiger partial charge in [0.2, 0.25) is 0 Å². The maximum Gasteiger partial charge on any atom is 0.0615 e. The monoisotopic (exact) mass is 221 g/mol. The van der Waals surface area contributed by atoms with Gasteiger partial charge in [-0.25, -0.2) is 0 Å². The van der Waals surface area contributed by atoms with Crippen molar-refractivity contribution in [2.75, 3.05) is 20.3 Å². The molecule has 0 aliphatic rings. The SMILES string of the molecule is CCC(COC)NCCc1cccc(C)c1. The second kappa shape index (κ2) is 7.42. The van der Waals surface area contributed by atoms with Gasteiger partial charge in [-0.2, -0.15) is 0 Å². The van der Waals surface area contributed by atoms with Crippen LogP contribution in [0.1, 0.15) is 24.5 Å². The van der Waals surface area contributed by atoms with Gasteiger partial charge in [-0.1, -0.05) is 36.8 Å². The first kappa shape index (κ1) is 13.2. The van der Waals surface area contributed by atoms with Crippen molar-refractivity contribution < 1.29 is 4.74 Å². The Kier molecular flexibility index (Phi) is 6.12. The molecule has 1 N–H and O–H groups in total. The first-order valence-corrected chi connectivity index (χ1v) is 6.04. The molecule has 1 aromatic carbocycles. The van der Waals surface area contributed by atoms with Crippen molar-refractivity contribution in [1.82, 2.24) is 5.32 Å². The highest BCUT2D eigenvalue weighted by atomic mass is 16.5. The van der Waals surface area contributed by atoms with Crippen molar-refractivity contribution >= 4 is 0 Å². The van der Waals surface area contributed by atoms with E-state index < -0.39 is 0 Å². The van der Waals surface area contributed by atoms with E-state index in [0.29, 0.717) is 6.04 Å². The lowest BCUT2D eigenvalue weighted by Crippen LogP contribution is -2.34. The molecule has 1 unspecified atom stereocenters. The van der Waals surface area contributed by atoms with Gasteiger partial charge in [0.25, 0.3) is 0 Å². The Hall–Kier alpha value is -0.860. The van der Waals surface area contributed by atoms with E-state index in [-0.39, 0.29) is 0 Å². The van der Waals surface area contributed by atoms with Crippen molar-refractivity contribution in [3.8, 4) is 0 Å². The van der Waals surface area contributed by atoms with Crippen LogP contribution in [-0.2, 0) is 11.2 Å². The molecule has 2 heteroatoms. The van der Waals surface area contributed by atoms with Crippen LogP contribution in [0, 0.1) is 6.92 Å². The summed E-state index contributed by atoms with van der Waals surface area (Å²) in [5.74, 6) is 0. The Morgan fingerprint density at radius 2 is 2.19 bits per heavy atom. The summed E-state index contributed by atoms with van der Waals surface area (Å²) < 4.78 is 5.15. The fraction of sp³-hybridized carbons (Fsp3) is 0.571. The number of methoxy groups -OCH3 is 1. The first-order chi connectivity index (χ1) is 7.76. The first-order valence-electron chi connectivity index (χ1n) is 6.04. The largest absolute Gasteiger partial charge is 0.383 e. The Morgan fingerprint density at radius 3 is 2.81 bits per heavy atom. The summed E-state index contributed by atoms with van der Waals surface area (Å²) in [6, 6.07) is 9.17. The molecule has 0 saturated heterocycles. The van der Waals surface area contributed by atoms with Gasteiger partial charge in [0.05, 0.1) is 6.61 Å². The molecule has 0 heterocycles. The number of rotatable bonds is 7. The van der Waals surface area contributed by atoms with E-state index in [1.54, 1.807) is 7.11 Å². The Labute approximate surface area is 99.0 Å². The molecular weight excluding hydrogens is 198 g/mol. The number of aryl methyl sites for hydroxylation is 1. The van der Waals surface area contributed by atoms with E-state index in [9.17, 15) is 0 Å².